The first kappa shape index (κ1) is 20.4. The summed E-state index contributed by atoms with van der Waals surface area (Å²) in [5.74, 6) is -0.882. The van der Waals surface area contributed by atoms with Crippen molar-refractivity contribution in [1.29, 1.82) is 0 Å². The van der Waals surface area contributed by atoms with Gasteiger partial charge in [-0.25, -0.2) is 4.39 Å². The summed E-state index contributed by atoms with van der Waals surface area (Å²) in [6.07, 6.45) is 3.17. The molecule has 1 amide bonds. The average molecular weight is 426 g/mol. The van der Waals surface area contributed by atoms with Gasteiger partial charge < -0.3 is 14.6 Å². The molecular weight excluding hydrogens is 397 g/mol. The number of aliphatic hydroxyl groups excluding tert-OH is 1. The minimum absolute atomic E-state index is 0.0880. The normalized spacial score (nSPS) is 27.9. The highest BCUT2D eigenvalue weighted by Crippen LogP contribution is 2.48. The maximum Gasteiger partial charge on any atom is 0.258 e. The second-order valence-corrected chi connectivity index (χ2v) is 9.03. The molecule has 3 aliphatic heterocycles. The minimum atomic E-state index is -0.382. The first-order chi connectivity index (χ1) is 15.0. The lowest BCUT2D eigenvalue weighted by Crippen LogP contribution is -2.45. The van der Waals surface area contributed by atoms with Crippen molar-refractivity contribution in [2.24, 2.45) is 11.8 Å². The smallest absolute Gasteiger partial charge is 0.258 e. The Balaban J connectivity index is 1.57. The highest BCUT2D eigenvalue weighted by molar-refractivity contribution is 5.81. The molecule has 31 heavy (non-hydrogen) atoms. The number of hydrogen-bond donors (Lipinski definition) is 1. The van der Waals surface area contributed by atoms with Crippen LogP contribution in [0.2, 0.25) is 0 Å². The Bertz CT molecular complexity index is 1060. The van der Waals surface area contributed by atoms with Crippen molar-refractivity contribution in [3.8, 4) is 11.1 Å². The number of likely N-dealkylation sites (N-methyl/N-ethyl adjacent to an activating group) is 1. The van der Waals surface area contributed by atoms with Gasteiger partial charge in [-0.2, -0.15) is 0 Å². The number of rotatable bonds is 3. The van der Waals surface area contributed by atoms with Gasteiger partial charge in [0.25, 0.3) is 5.56 Å². The monoisotopic (exact) mass is 425 g/mol. The number of hydrogen-bond acceptors (Lipinski definition) is 4. The van der Waals surface area contributed by atoms with Gasteiger partial charge in [-0.15, -0.1) is 0 Å². The summed E-state index contributed by atoms with van der Waals surface area (Å²) in [7, 11) is 1.98. The van der Waals surface area contributed by atoms with Gasteiger partial charge in [0.2, 0.25) is 5.91 Å². The number of aromatic nitrogens is 1. The maximum absolute atomic E-state index is 13.7. The predicted molar refractivity (Wildman–Crippen MR) is 115 cm³/mol. The Morgan fingerprint density at radius 2 is 1.94 bits per heavy atom. The summed E-state index contributed by atoms with van der Waals surface area (Å²) in [5.41, 5.74) is 1.63. The molecule has 6 nitrogen and oxygen atoms in total. The van der Waals surface area contributed by atoms with Crippen LogP contribution in [0, 0.1) is 17.7 Å². The van der Waals surface area contributed by atoms with Gasteiger partial charge in [0.1, 0.15) is 5.82 Å². The zero-order valence-electron chi connectivity index (χ0n) is 17.7. The Morgan fingerprint density at radius 3 is 2.65 bits per heavy atom. The van der Waals surface area contributed by atoms with Crippen LogP contribution in [0.1, 0.15) is 31.0 Å². The largest absolute Gasteiger partial charge is 0.396 e. The third-order valence-electron chi connectivity index (χ3n) is 7.44. The molecule has 2 bridgehead atoms. The number of carbonyl (C=O) groups excluding carboxylic acids is 1. The van der Waals surface area contributed by atoms with Gasteiger partial charge in [0.15, 0.2) is 0 Å². The Morgan fingerprint density at radius 1 is 1.16 bits per heavy atom. The second-order valence-electron chi connectivity index (χ2n) is 9.03. The van der Waals surface area contributed by atoms with Crippen LogP contribution >= 0.6 is 0 Å². The van der Waals surface area contributed by atoms with Crippen molar-refractivity contribution in [2.45, 2.75) is 37.9 Å². The number of aliphatic hydroxyl groups is 1. The van der Waals surface area contributed by atoms with Crippen LogP contribution in [0.3, 0.4) is 0 Å². The number of carbonyl (C=O) groups is 1. The van der Waals surface area contributed by atoms with Crippen molar-refractivity contribution >= 4 is 5.91 Å². The molecule has 1 aromatic heterocycles. The number of fused-ring (bicyclic) bond motifs is 4. The lowest BCUT2D eigenvalue weighted by atomic mass is 9.85. The molecule has 4 heterocycles. The molecule has 2 fully saturated rings. The van der Waals surface area contributed by atoms with E-state index >= 15 is 0 Å². The van der Waals surface area contributed by atoms with E-state index in [1.54, 1.807) is 22.8 Å². The summed E-state index contributed by atoms with van der Waals surface area (Å²) in [6.45, 7) is 1.86. The molecule has 1 N–H and O–H groups in total. The van der Waals surface area contributed by atoms with E-state index in [1.807, 2.05) is 18.0 Å². The molecular formula is C24H28FN3O3. The maximum atomic E-state index is 13.7. The zero-order valence-corrected chi connectivity index (χ0v) is 17.7. The van der Waals surface area contributed by atoms with Crippen molar-refractivity contribution in [2.75, 3.05) is 26.7 Å². The highest BCUT2D eigenvalue weighted by atomic mass is 19.1. The topological polar surface area (TPSA) is 65.8 Å². The quantitative estimate of drug-likeness (QED) is 0.819. The molecule has 7 heteroatoms. The van der Waals surface area contributed by atoms with Crippen molar-refractivity contribution < 1.29 is 14.3 Å². The van der Waals surface area contributed by atoms with Crippen molar-refractivity contribution in [3.05, 3.63) is 58.3 Å². The van der Waals surface area contributed by atoms with Gasteiger partial charge in [-0.3, -0.25) is 14.5 Å². The van der Waals surface area contributed by atoms with E-state index in [9.17, 15) is 19.1 Å². The van der Waals surface area contributed by atoms with Crippen LogP contribution in [0.25, 0.3) is 11.1 Å². The van der Waals surface area contributed by atoms with Gasteiger partial charge in [-0.1, -0.05) is 12.1 Å². The van der Waals surface area contributed by atoms with Gasteiger partial charge >= 0.3 is 0 Å². The third-order valence-corrected chi connectivity index (χ3v) is 7.44. The molecule has 5 rings (SSSR count). The molecule has 2 aromatic rings. The predicted octanol–water partition coefficient (Wildman–Crippen LogP) is 2.26. The number of piperidine rings is 1. The molecule has 2 saturated heterocycles. The number of amides is 1. The van der Waals surface area contributed by atoms with Gasteiger partial charge in [-0.05, 0) is 56.1 Å². The van der Waals surface area contributed by atoms with Crippen LogP contribution in [0.15, 0.2) is 41.2 Å². The fraction of sp³-hybridized carbons (Fsp3) is 0.500. The summed E-state index contributed by atoms with van der Waals surface area (Å²) in [5, 5.41) is 10.2. The number of likely N-dealkylation sites (tertiary alicyclic amines) is 1. The molecule has 0 radical (unpaired) electrons. The van der Waals surface area contributed by atoms with E-state index in [1.165, 1.54) is 12.1 Å². The fourth-order valence-corrected chi connectivity index (χ4v) is 5.87. The van der Waals surface area contributed by atoms with E-state index in [-0.39, 0.29) is 47.8 Å². The van der Waals surface area contributed by atoms with Crippen LogP contribution in [0.5, 0.6) is 0 Å². The summed E-state index contributed by atoms with van der Waals surface area (Å²) < 4.78 is 15.5. The Hall–Kier alpha value is -2.51. The van der Waals surface area contributed by atoms with Crippen LogP contribution < -0.4 is 5.56 Å². The van der Waals surface area contributed by atoms with E-state index < -0.39 is 0 Å². The third kappa shape index (κ3) is 3.22. The molecule has 4 atom stereocenters. The Labute approximate surface area is 180 Å². The van der Waals surface area contributed by atoms with Gasteiger partial charge in [0.05, 0.1) is 12.0 Å². The molecule has 0 unspecified atom stereocenters. The summed E-state index contributed by atoms with van der Waals surface area (Å²) in [6, 6.07) is 9.35. The fourth-order valence-electron chi connectivity index (χ4n) is 5.87. The van der Waals surface area contributed by atoms with E-state index in [0.29, 0.717) is 17.7 Å². The lowest BCUT2D eigenvalue weighted by molar-refractivity contribution is -0.139. The van der Waals surface area contributed by atoms with E-state index in [0.717, 1.165) is 38.0 Å². The van der Waals surface area contributed by atoms with Crippen LogP contribution in [-0.4, -0.2) is 58.2 Å². The summed E-state index contributed by atoms with van der Waals surface area (Å²) in [4.78, 5) is 31.0. The van der Waals surface area contributed by atoms with E-state index in [2.05, 4.69) is 4.90 Å². The average Bonchev–Trinajstić information content (AvgIpc) is 2.96. The SMILES string of the molecule is CN1[C@@H]2c3ccc(-c4cccc(F)c4)c(=O)n3C[C@H]1[C@H](CO)[C@H]2C(=O)N1CCCCC1. The molecule has 0 aliphatic carbocycles. The molecule has 1 aromatic carbocycles. The molecule has 0 saturated carbocycles. The number of benzene rings is 1. The van der Waals surface area contributed by atoms with Crippen molar-refractivity contribution in [1.82, 2.24) is 14.4 Å². The minimum Gasteiger partial charge on any atom is -0.396 e. The Kier molecular flexibility index (Phi) is 5.18. The standard InChI is InChI=1S/C24H28FN3O3/c1-26-20-13-28-19(9-8-17(23(28)30)15-6-5-7-16(25)12-15)22(26)21(18(20)14-29)24(31)27-10-3-2-4-11-27/h5-9,12,18,20-22,29H,2-4,10-11,13-14H2,1H3/t18-,20-,21+,22+/m0/s1. The van der Waals surface area contributed by atoms with Crippen LogP contribution in [0.4, 0.5) is 4.39 Å². The molecule has 164 valence electrons. The van der Waals surface area contributed by atoms with Gasteiger partial charge in [0, 0.05) is 49.5 Å². The lowest BCUT2D eigenvalue weighted by Gasteiger charge is -2.36. The zero-order chi connectivity index (χ0) is 21.7. The number of nitrogens with zero attached hydrogens (tertiary/aromatic N) is 3. The van der Waals surface area contributed by atoms with Crippen LogP contribution in [-0.2, 0) is 11.3 Å². The second kappa shape index (κ2) is 7.88. The number of pyridine rings is 1. The van der Waals surface area contributed by atoms with Crippen molar-refractivity contribution in [3.63, 3.8) is 0 Å². The van der Waals surface area contributed by atoms with E-state index in [4.69, 9.17) is 0 Å². The number of halogens is 1. The first-order valence-corrected chi connectivity index (χ1v) is 11.1. The molecule has 3 aliphatic rings. The highest BCUT2D eigenvalue weighted by Gasteiger charge is 2.55. The molecule has 0 spiro atoms. The first-order valence-electron chi connectivity index (χ1n) is 11.1. The summed E-state index contributed by atoms with van der Waals surface area (Å²) >= 11 is 0.